The van der Waals surface area contributed by atoms with E-state index in [1.54, 1.807) is 7.05 Å². The number of aromatic nitrogens is 1. The molecule has 2 aromatic carbocycles. The molecule has 0 aliphatic rings. The minimum atomic E-state index is -0.0592. The number of benzene rings is 2. The lowest BCUT2D eigenvalue weighted by Gasteiger charge is -2.11. The summed E-state index contributed by atoms with van der Waals surface area (Å²) in [5.41, 5.74) is 5.04. The van der Waals surface area contributed by atoms with Gasteiger partial charge in [-0.2, -0.15) is 4.57 Å². The fourth-order valence-corrected chi connectivity index (χ4v) is 3.14. The van der Waals surface area contributed by atoms with Crippen LogP contribution >= 0.6 is 0 Å². The summed E-state index contributed by atoms with van der Waals surface area (Å²) in [6.45, 7) is 2.99. The number of carbonyl (C=O) groups excluding carboxylic acids is 1. The lowest BCUT2D eigenvalue weighted by Crippen LogP contribution is -2.45. The van der Waals surface area contributed by atoms with Crippen LogP contribution in [-0.4, -0.2) is 13.0 Å². The van der Waals surface area contributed by atoms with Crippen molar-refractivity contribution in [3.63, 3.8) is 0 Å². The molecule has 132 valence electrons. The van der Waals surface area contributed by atoms with Crippen molar-refractivity contribution < 1.29 is 9.36 Å². The van der Waals surface area contributed by atoms with Crippen molar-refractivity contribution in [2.45, 2.75) is 26.3 Å². The summed E-state index contributed by atoms with van der Waals surface area (Å²) in [4.78, 5) is 12.6. The van der Waals surface area contributed by atoms with E-state index in [-0.39, 0.29) is 5.91 Å². The topological polar surface area (TPSA) is 33.0 Å². The molecule has 0 aliphatic heterocycles. The Morgan fingerprint density at radius 3 is 2.08 bits per heavy atom. The van der Waals surface area contributed by atoms with E-state index in [9.17, 15) is 4.79 Å². The van der Waals surface area contributed by atoms with E-state index in [1.165, 1.54) is 0 Å². The van der Waals surface area contributed by atoms with E-state index in [0.717, 1.165) is 41.8 Å². The van der Waals surface area contributed by atoms with Crippen LogP contribution in [0.2, 0.25) is 0 Å². The first-order chi connectivity index (χ1) is 12.7. The lowest BCUT2D eigenvalue weighted by molar-refractivity contribution is -0.688. The van der Waals surface area contributed by atoms with Gasteiger partial charge in [0.1, 0.15) is 6.54 Å². The maximum atomic E-state index is 12.6. The molecule has 3 nitrogen and oxygen atoms in total. The Labute approximate surface area is 155 Å². The number of carbonyl (C=O) groups is 1. The Morgan fingerprint density at radius 1 is 0.885 bits per heavy atom. The second-order valence-electron chi connectivity index (χ2n) is 6.33. The molecular weight excluding hydrogens is 320 g/mol. The van der Waals surface area contributed by atoms with Crippen LogP contribution < -0.4 is 9.88 Å². The zero-order valence-corrected chi connectivity index (χ0v) is 15.4. The van der Waals surface area contributed by atoms with Crippen LogP contribution in [0, 0.1) is 0 Å². The van der Waals surface area contributed by atoms with Crippen LogP contribution in [-0.2, 0) is 6.54 Å². The third-order valence-electron chi connectivity index (χ3n) is 4.54. The summed E-state index contributed by atoms with van der Waals surface area (Å²) >= 11 is 0. The molecule has 0 unspecified atom stereocenters. The normalized spacial score (nSPS) is 10.5. The summed E-state index contributed by atoms with van der Waals surface area (Å²) in [5, 5.41) is 2.80. The van der Waals surface area contributed by atoms with E-state index < -0.39 is 0 Å². The van der Waals surface area contributed by atoms with Gasteiger partial charge in [-0.25, -0.2) is 0 Å². The third kappa shape index (κ3) is 3.83. The third-order valence-corrected chi connectivity index (χ3v) is 4.54. The number of unbranched alkanes of at least 4 members (excludes halogenated alkanes) is 1. The predicted molar refractivity (Wildman–Crippen MR) is 106 cm³/mol. The van der Waals surface area contributed by atoms with Gasteiger partial charge in [-0.1, -0.05) is 61.9 Å². The van der Waals surface area contributed by atoms with Gasteiger partial charge in [-0.05, 0) is 23.3 Å². The molecule has 0 fully saturated rings. The molecule has 3 aromatic rings. The Kier molecular flexibility index (Phi) is 5.80. The highest BCUT2D eigenvalue weighted by atomic mass is 16.1. The van der Waals surface area contributed by atoms with Crippen LogP contribution in [0.3, 0.4) is 0 Å². The number of pyridine rings is 1. The monoisotopic (exact) mass is 345 g/mol. The molecule has 0 atom stereocenters. The smallest absolute Gasteiger partial charge is 0.315 e. The zero-order valence-electron chi connectivity index (χ0n) is 15.4. The van der Waals surface area contributed by atoms with E-state index >= 15 is 0 Å². The van der Waals surface area contributed by atoms with E-state index in [1.807, 2.05) is 42.5 Å². The first-order valence-electron chi connectivity index (χ1n) is 9.15. The van der Waals surface area contributed by atoms with Gasteiger partial charge in [0.25, 0.3) is 5.69 Å². The summed E-state index contributed by atoms with van der Waals surface area (Å²) in [6.07, 6.45) is 2.11. The highest BCUT2D eigenvalue weighted by molar-refractivity contribution is 5.92. The van der Waals surface area contributed by atoms with Crippen molar-refractivity contribution in [2.75, 3.05) is 7.05 Å². The Bertz CT molecular complexity index is 873. The molecule has 3 heteroatoms. The molecule has 0 spiro atoms. The van der Waals surface area contributed by atoms with Gasteiger partial charge in [-0.15, -0.1) is 0 Å². The molecular formula is C23H25N2O+. The van der Waals surface area contributed by atoms with E-state index in [4.69, 9.17) is 0 Å². The fourth-order valence-electron chi connectivity index (χ4n) is 3.14. The standard InChI is InChI=1S/C23H24N2O/c1-3-4-15-25-21(19-13-9-6-10-14-19)16-20(17-22(25)23(26)24-2)18-11-7-5-8-12-18/h5-14,16-17H,3-4,15H2,1-2H3/p+1. The summed E-state index contributed by atoms with van der Waals surface area (Å²) in [7, 11) is 1.68. The van der Waals surface area contributed by atoms with Crippen molar-refractivity contribution >= 4 is 5.91 Å². The van der Waals surface area contributed by atoms with Crippen molar-refractivity contribution in [2.24, 2.45) is 0 Å². The fraction of sp³-hybridized carbons (Fsp3) is 0.217. The van der Waals surface area contributed by atoms with Gasteiger partial charge in [-0.3, -0.25) is 4.79 Å². The Balaban J connectivity index is 2.25. The number of hydrogen-bond acceptors (Lipinski definition) is 1. The molecule has 26 heavy (non-hydrogen) atoms. The Morgan fingerprint density at radius 2 is 1.50 bits per heavy atom. The number of nitrogens with zero attached hydrogens (tertiary/aromatic N) is 1. The van der Waals surface area contributed by atoms with Crippen molar-refractivity contribution in [3.8, 4) is 22.4 Å². The van der Waals surface area contributed by atoms with Gasteiger partial charge >= 0.3 is 5.91 Å². The molecule has 1 N–H and O–H groups in total. The minimum Gasteiger partial charge on any atom is -0.350 e. The van der Waals surface area contributed by atoms with Crippen LogP contribution in [0.5, 0.6) is 0 Å². The maximum absolute atomic E-state index is 12.6. The van der Waals surface area contributed by atoms with Crippen LogP contribution in [0.1, 0.15) is 30.3 Å². The van der Waals surface area contributed by atoms with Gasteiger partial charge in [0.2, 0.25) is 5.69 Å². The van der Waals surface area contributed by atoms with Crippen LogP contribution in [0.4, 0.5) is 0 Å². The van der Waals surface area contributed by atoms with Gasteiger partial charge in [0, 0.05) is 31.2 Å². The minimum absolute atomic E-state index is 0.0592. The predicted octanol–water partition coefficient (Wildman–Crippen LogP) is 4.47. The SMILES string of the molecule is CCCC[n+]1c(C(=O)NC)cc(-c2ccccc2)cc1-c1ccccc1. The average Bonchev–Trinajstić information content (AvgIpc) is 2.72. The summed E-state index contributed by atoms with van der Waals surface area (Å²) < 4.78 is 2.14. The molecule has 0 radical (unpaired) electrons. The first-order valence-corrected chi connectivity index (χ1v) is 9.15. The van der Waals surface area contributed by atoms with Crippen LogP contribution in [0.15, 0.2) is 72.8 Å². The molecule has 1 heterocycles. The van der Waals surface area contributed by atoms with Gasteiger partial charge in [0.05, 0.1) is 0 Å². The molecule has 0 aliphatic carbocycles. The van der Waals surface area contributed by atoms with Gasteiger partial charge in [0.15, 0.2) is 0 Å². The number of hydrogen-bond donors (Lipinski definition) is 1. The molecule has 1 amide bonds. The highest BCUT2D eigenvalue weighted by Gasteiger charge is 2.25. The maximum Gasteiger partial charge on any atom is 0.315 e. The van der Waals surface area contributed by atoms with Crippen LogP contribution in [0.25, 0.3) is 22.4 Å². The first kappa shape index (κ1) is 17.9. The lowest BCUT2D eigenvalue weighted by atomic mass is 10.0. The van der Waals surface area contributed by atoms with Gasteiger partial charge < -0.3 is 5.32 Å². The highest BCUT2D eigenvalue weighted by Crippen LogP contribution is 2.25. The molecule has 0 bridgehead atoms. The second kappa shape index (κ2) is 8.43. The Hall–Kier alpha value is -2.94. The number of rotatable bonds is 6. The second-order valence-corrected chi connectivity index (χ2v) is 6.33. The zero-order chi connectivity index (χ0) is 18.4. The molecule has 0 saturated heterocycles. The average molecular weight is 345 g/mol. The molecule has 1 aromatic heterocycles. The number of nitrogens with one attached hydrogen (secondary N) is 1. The van der Waals surface area contributed by atoms with Crippen molar-refractivity contribution in [1.82, 2.24) is 5.32 Å². The number of amides is 1. The van der Waals surface area contributed by atoms with E-state index in [0.29, 0.717) is 5.69 Å². The van der Waals surface area contributed by atoms with E-state index in [2.05, 4.69) is 47.1 Å². The molecule has 3 rings (SSSR count). The largest absolute Gasteiger partial charge is 0.350 e. The molecule has 0 saturated carbocycles. The van der Waals surface area contributed by atoms with Crippen molar-refractivity contribution in [1.29, 1.82) is 0 Å². The van der Waals surface area contributed by atoms with Crippen molar-refractivity contribution in [3.05, 3.63) is 78.5 Å². The summed E-state index contributed by atoms with van der Waals surface area (Å²) in [5.74, 6) is -0.0592. The summed E-state index contributed by atoms with van der Waals surface area (Å²) in [6, 6.07) is 24.7. The quantitative estimate of drug-likeness (QED) is 0.657.